The van der Waals surface area contributed by atoms with Crippen LogP contribution < -0.4 is 5.32 Å². The van der Waals surface area contributed by atoms with Gasteiger partial charge in [-0.1, -0.05) is 26.0 Å². The number of morpholine rings is 1. The van der Waals surface area contributed by atoms with Crippen LogP contribution in [0.2, 0.25) is 0 Å². The summed E-state index contributed by atoms with van der Waals surface area (Å²) < 4.78 is 28.0. The van der Waals surface area contributed by atoms with E-state index in [-0.39, 0.29) is 17.7 Å². The third kappa shape index (κ3) is 6.41. The zero-order valence-corrected chi connectivity index (χ0v) is 16.0. The van der Waals surface area contributed by atoms with E-state index < -0.39 is 9.84 Å². The van der Waals surface area contributed by atoms with Gasteiger partial charge < -0.3 is 10.1 Å². The molecule has 0 spiro atoms. The fraction of sp³-hybridized carbons (Fsp3) is 0.611. The van der Waals surface area contributed by atoms with E-state index in [1.165, 1.54) is 6.26 Å². The van der Waals surface area contributed by atoms with Crippen molar-refractivity contribution in [2.75, 3.05) is 39.1 Å². The largest absolute Gasteiger partial charge is 0.379 e. The molecular weight excluding hydrogens is 340 g/mol. The number of hydrogen-bond acceptors (Lipinski definition) is 5. The minimum Gasteiger partial charge on any atom is -0.379 e. The summed E-state index contributed by atoms with van der Waals surface area (Å²) in [5.74, 6) is 0.279. The number of amides is 1. The second-order valence-electron chi connectivity index (χ2n) is 6.94. The Morgan fingerprint density at radius 3 is 2.32 bits per heavy atom. The molecule has 1 heterocycles. The van der Waals surface area contributed by atoms with Crippen LogP contribution in [-0.2, 0) is 20.3 Å². The molecular formula is C18H28N2O4S. The normalized spacial score (nSPS) is 17.4. The summed E-state index contributed by atoms with van der Waals surface area (Å²) in [5, 5.41) is 3.01. The predicted molar refractivity (Wildman–Crippen MR) is 98.3 cm³/mol. The Bertz CT molecular complexity index is 665. The highest BCUT2D eigenvalue weighted by atomic mass is 32.2. The Morgan fingerprint density at radius 2 is 1.80 bits per heavy atom. The zero-order chi connectivity index (χ0) is 18.4. The fourth-order valence-corrected chi connectivity index (χ4v) is 3.85. The third-order valence-electron chi connectivity index (χ3n) is 4.40. The highest BCUT2D eigenvalue weighted by Crippen LogP contribution is 2.13. The van der Waals surface area contributed by atoms with E-state index in [2.05, 4.69) is 24.1 Å². The summed E-state index contributed by atoms with van der Waals surface area (Å²) in [6.07, 6.45) is 1.20. The van der Waals surface area contributed by atoms with Crippen molar-refractivity contribution in [3.8, 4) is 0 Å². The van der Waals surface area contributed by atoms with Gasteiger partial charge in [0.05, 0.1) is 19.0 Å². The van der Waals surface area contributed by atoms with E-state index in [9.17, 15) is 13.2 Å². The van der Waals surface area contributed by atoms with Crippen LogP contribution >= 0.6 is 0 Å². The van der Waals surface area contributed by atoms with E-state index in [1.807, 2.05) is 0 Å². The van der Waals surface area contributed by atoms with Crippen LogP contribution in [0.5, 0.6) is 0 Å². The summed E-state index contributed by atoms with van der Waals surface area (Å²) in [6.45, 7) is 8.15. The van der Waals surface area contributed by atoms with E-state index in [4.69, 9.17) is 4.74 Å². The van der Waals surface area contributed by atoms with Crippen LogP contribution in [0.25, 0.3) is 0 Å². The average molecular weight is 368 g/mol. The number of ether oxygens (including phenoxy) is 1. The standard InChI is InChI=1S/C18H28N2O4S/c1-14(2)17(20-8-10-24-11-9-20)12-19-18(21)16-6-4-15(5-7-16)13-25(3,22)23/h4-7,14,17H,8-13H2,1-3H3,(H,19,21). The van der Waals surface area contributed by atoms with Crippen molar-refractivity contribution in [2.24, 2.45) is 5.92 Å². The molecule has 1 N–H and O–H groups in total. The predicted octanol–water partition coefficient (Wildman–Crippen LogP) is 1.32. The number of rotatable bonds is 7. The number of nitrogens with one attached hydrogen (secondary N) is 1. The van der Waals surface area contributed by atoms with Gasteiger partial charge in [-0.25, -0.2) is 8.42 Å². The Labute approximate surface area is 150 Å². The summed E-state index contributed by atoms with van der Waals surface area (Å²) in [7, 11) is -3.07. The molecule has 1 amide bonds. The van der Waals surface area contributed by atoms with Gasteiger partial charge in [0.25, 0.3) is 5.91 Å². The Balaban J connectivity index is 1.93. The summed E-state index contributed by atoms with van der Waals surface area (Å²) >= 11 is 0. The lowest BCUT2D eigenvalue weighted by Crippen LogP contribution is -2.51. The number of sulfone groups is 1. The molecule has 1 aliphatic heterocycles. The van der Waals surface area contributed by atoms with Crippen LogP contribution in [0.3, 0.4) is 0 Å². The van der Waals surface area contributed by atoms with Gasteiger partial charge in [-0.05, 0) is 23.6 Å². The maximum absolute atomic E-state index is 12.4. The zero-order valence-electron chi connectivity index (χ0n) is 15.2. The summed E-state index contributed by atoms with van der Waals surface area (Å²) in [4.78, 5) is 14.7. The molecule has 0 aliphatic carbocycles. The van der Waals surface area contributed by atoms with Crippen molar-refractivity contribution in [3.05, 3.63) is 35.4 Å². The van der Waals surface area contributed by atoms with Gasteiger partial charge in [0.2, 0.25) is 0 Å². The lowest BCUT2D eigenvalue weighted by Gasteiger charge is -2.36. The van der Waals surface area contributed by atoms with Crippen molar-refractivity contribution in [3.63, 3.8) is 0 Å². The van der Waals surface area contributed by atoms with Crippen molar-refractivity contribution in [1.82, 2.24) is 10.2 Å². The van der Waals surface area contributed by atoms with Crippen LogP contribution in [0.4, 0.5) is 0 Å². The number of nitrogens with zero attached hydrogens (tertiary/aromatic N) is 1. The molecule has 6 nitrogen and oxygen atoms in total. The van der Waals surface area contributed by atoms with Gasteiger partial charge in [0, 0.05) is 37.5 Å². The summed E-state index contributed by atoms with van der Waals surface area (Å²) in [6, 6.07) is 7.01. The second-order valence-corrected chi connectivity index (χ2v) is 9.08. The molecule has 0 saturated carbocycles. The van der Waals surface area contributed by atoms with Crippen LogP contribution in [0, 0.1) is 5.92 Å². The first-order valence-corrected chi connectivity index (χ1v) is 10.7. The van der Waals surface area contributed by atoms with Crippen LogP contribution in [0.15, 0.2) is 24.3 Å². The second kappa shape index (κ2) is 8.78. The molecule has 1 fully saturated rings. The number of benzene rings is 1. The number of carbonyl (C=O) groups is 1. The lowest BCUT2D eigenvalue weighted by atomic mass is 10.0. The topological polar surface area (TPSA) is 75.7 Å². The van der Waals surface area contributed by atoms with E-state index in [0.717, 1.165) is 26.3 Å². The number of carbonyl (C=O) groups excluding carboxylic acids is 1. The minimum atomic E-state index is -3.07. The van der Waals surface area contributed by atoms with Crippen molar-refractivity contribution in [2.45, 2.75) is 25.6 Å². The highest BCUT2D eigenvalue weighted by Gasteiger charge is 2.24. The SMILES string of the molecule is CC(C)C(CNC(=O)c1ccc(CS(C)(=O)=O)cc1)N1CCOCC1. The molecule has 0 bridgehead atoms. The maximum Gasteiger partial charge on any atom is 0.251 e. The fourth-order valence-electron chi connectivity index (χ4n) is 3.05. The molecule has 1 aromatic rings. The smallest absolute Gasteiger partial charge is 0.251 e. The molecule has 1 atom stereocenters. The Morgan fingerprint density at radius 1 is 1.20 bits per heavy atom. The Hall–Kier alpha value is -1.44. The van der Waals surface area contributed by atoms with Crippen LogP contribution in [0.1, 0.15) is 29.8 Å². The molecule has 1 aromatic carbocycles. The van der Waals surface area contributed by atoms with E-state index in [0.29, 0.717) is 23.6 Å². The Kier molecular flexibility index (Phi) is 6.98. The minimum absolute atomic E-state index is 0.0125. The van der Waals surface area contributed by atoms with Gasteiger partial charge >= 0.3 is 0 Å². The van der Waals surface area contributed by atoms with Gasteiger partial charge in [-0.15, -0.1) is 0 Å². The van der Waals surface area contributed by atoms with Crippen LogP contribution in [-0.4, -0.2) is 64.4 Å². The van der Waals surface area contributed by atoms with E-state index in [1.54, 1.807) is 24.3 Å². The first kappa shape index (κ1) is 19.9. The maximum atomic E-state index is 12.4. The number of hydrogen-bond donors (Lipinski definition) is 1. The van der Waals surface area contributed by atoms with Crippen molar-refractivity contribution >= 4 is 15.7 Å². The van der Waals surface area contributed by atoms with Gasteiger partial charge in [0.15, 0.2) is 9.84 Å². The molecule has 1 aliphatic rings. The van der Waals surface area contributed by atoms with E-state index >= 15 is 0 Å². The first-order chi connectivity index (χ1) is 11.8. The summed E-state index contributed by atoms with van der Waals surface area (Å²) in [5.41, 5.74) is 1.23. The monoisotopic (exact) mass is 368 g/mol. The molecule has 1 unspecified atom stereocenters. The van der Waals surface area contributed by atoms with Gasteiger partial charge in [-0.3, -0.25) is 9.69 Å². The molecule has 1 saturated heterocycles. The molecule has 140 valence electrons. The van der Waals surface area contributed by atoms with Gasteiger partial charge in [-0.2, -0.15) is 0 Å². The highest BCUT2D eigenvalue weighted by molar-refractivity contribution is 7.89. The van der Waals surface area contributed by atoms with Gasteiger partial charge in [0.1, 0.15) is 0 Å². The quantitative estimate of drug-likeness (QED) is 0.786. The first-order valence-electron chi connectivity index (χ1n) is 8.63. The molecule has 2 rings (SSSR count). The molecule has 0 aromatic heterocycles. The molecule has 0 radical (unpaired) electrons. The van der Waals surface area contributed by atoms with Crippen molar-refractivity contribution < 1.29 is 17.9 Å². The molecule has 7 heteroatoms. The third-order valence-corrected chi connectivity index (χ3v) is 5.26. The average Bonchev–Trinajstić information content (AvgIpc) is 2.54. The lowest BCUT2D eigenvalue weighted by molar-refractivity contribution is 0.00673. The molecule has 25 heavy (non-hydrogen) atoms. The van der Waals surface area contributed by atoms with Crippen molar-refractivity contribution in [1.29, 1.82) is 0 Å².